The molecule has 8 nitrogen and oxygen atoms in total. The summed E-state index contributed by atoms with van der Waals surface area (Å²) in [5.41, 5.74) is 0.538. The number of alkyl halides is 3. The minimum atomic E-state index is -4.67. The molecule has 1 aromatic carbocycles. The molecule has 2 bridgehead atoms. The molecule has 6 atom stereocenters. The van der Waals surface area contributed by atoms with Crippen LogP contribution >= 0.6 is 11.6 Å². The highest BCUT2D eigenvalue weighted by molar-refractivity contribution is 6.30. The van der Waals surface area contributed by atoms with Crippen molar-refractivity contribution in [3.8, 4) is 5.75 Å². The Balaban J connectivity index is 1.09. The first-order valence-electron chi connectivity index (χ1n) is 11.2. The van der Waals surface area contributed by atoms with Gasteiger partial charge in [0, 0.05) is 23.0 Å². The number of carbonyl (C=O) groups is 2. The zero-order valence-electron chi connectivity index (χ0n) is 17.9. The van der Waals surface area contributed by atoms with E-state index in [4.69, 9.17) is 21.1 Å². The summed E-state index contributed by atoms with van der Waals surface area (Å²) in [6.07, 6.45) is -6.88. The molecule has 1 aliphatic carbocycles. The van der Waals surface area contributed by atoms with Gasteiger partial charge in [-0.1, -0.05) is 11.6 Å². The lowest BCUT2D eigenvalue weighted by Gasteiger charge is -2.37. The number of hydrogen-bond acceptors (Lipinski definition) is 6. The summed E-state index contributed by atoms with van der Waals surface area (Å²) in [5.74, 6) is -0.623. The van der Waals surface area contributed by atoms with Crippen molar-refractivity contribution < 1.29 is 42.1 Å². The van der Waals surface area contributed by atoms with Gasteiger partial charge < -0.3 is 25.2 Å². The Kier molecular flexibility index (Phi) is 6.16. The van der Waals surface area contributed by atoms with Gasteiger partial charge in [-0.2, -0.15) is 0 Å². The van der Waals surface area contributed by atoms with Crippen molar-refractivity contribution in [1.82, 2.24) is 10.6 Å². The van der Waals surface area contributed by atoms with Crippen LogP contribution in [0.15, 0.2) is 18.2 Å². The van der Waals surface area contributed by atoms with E-state index in [1.54, 1.807) is 18.2 Å². The maximum atomic E-state index is 12.8. The Hall–Kier alpha value is -2.08. The number of fused-ring (bicyclic) bond motifs is 3. The standard InChI is InChI=1S/C22H24ClF3N2O6/c23-9-1-2-16-12(3-9)15(29)8-19(32-16)21(31)28-14-7-17-13(6-18(14)33-17)20(30)27-10-4-11(5-10)34-22(24,25)26/h1-3,10-11,13-15,17-19,29H,4-8H2,(H,27,30)(H,28,31)/t10?,11?,13-,14-,15+,17+,18+,19+/m0/s1. The van der Waals surface area contributed by atoms with Crippen LogP contribution in [0.4, 0.5) is 13.2 Å². The van der Waals surface area contributed by atoms with Crippen LogP contribution in [0.1, 0.15) is 43.8 Å². The van der Waals surface area contributed by atoms with E-state index in [0.29, 0.717) is 29.2 Å². The molecule has 1 saturated carbocycles. The van der Waals surface area contributed by atoms with Gasteiger partial charge in [-0.15, -0.1) is 13.2 Å². The molecule has 12 heteroatoms. The van der Waals surface area contributed by atoms with E-state index in [1.807, 2.05) is 0 Å². The number of halogens is 4. The van der Waals surface area contributed by atoms with E-state index >= 15 is 0 Å². The Morgan fingerprint density at radius 1 is 1.06 bits per heavy atom. The van der Waals surface area contributed by atoms with Crippen LogP contribution in [0.5, 0.6) is 5.75 Å². The third-order valence-electron chi connectivity index (χ3n) is 6.96. The lowest BCUT2D eigenvalue weighted by Crippen LogP contribution is -2.53. The Morgan fingerprint density at radius 3 is 2.50 bits per heavy atom. The fourth-order valence-corrected chi connectivity index (χ4v) is 5.40. The predicted molar refractivity (Wildman–Crippen MR) is 111 cm³/mol. The number of hydrogen-bond donors (Lipinski definition) is 3. The van der Waals surface area contributed by atoms with Crippen LogP contribution in [0.25, 0.3) is 0 Å². The van der Waals surface area contributed by atoms with Crippen LogP contribution < -0.4 is 15.4 Å². The summed E-state index contributed by atoms with van der Waals surface area (Å²) < 4.78 is 52.2. The van der Waals surface area contributed by atoms with Crippen molar-refractivity contribution in [2.45, 2.75) is 81.1 Å². The first-order valence-corrected chi connectivity index (χ1v) is 11.6. The van der Waals surface area contributed by atoms with Gasteiger partial charge in [0.1, 0.15) is 5.75 Å². The second-order valence-corrected chi connectivity index (χ2v) is 9.75. The zero-order chi connectivity index (χ0) is 24.2. The molecule has 3 N–H and O–H groups in total. The number of carbonyl (C=O) groups excluding carboxylic acids is 2. The Bertz CT molecular complexity index is 972. The average Bonchev–Trinajstić information content (AvgIpc) is 3.32. The summed E-state index contributed by atoms with van der Waals surface area (Å²) in [5, 5.41) is 16.5. The predicted octanol–water partition coefficient (Wildman–Crippen LogP) is 2.37. The van der Waals surface area contributed by atoms with Crippen molar-refractivity contribution in [1.29, 1.82) is 0 Å². The third kappa shape index (κ3) is 4.84. The van der Waals surface area contributed by atoms with Gasteiger partial charge in [0.05, 0.1) is 36.4 Å². The largest absolute Gasteiger partial charge is 0.522 e. The number of rotatable bonds is 5. The summed E-state index contributed by atoms with van der Waals surface area (Å²) in [4.78, 5) is 25.4. The molecule has 34 heavy (non-hydrogen) atoms. The first kappa shape index (κ1) is 23.7. The van der Waals surface area contributed by atoms with Gasteiger partial charge in [-0.3, -0.25) is 14.3 Å². The molecular formula is C22H24ClF3N2O6. The molecule has 3 heterocycles. The molecule has 0 radical (unpaired) electrons. The number of benzene rings is 1. The van der Waals surface area contributed by atoms with Crippen molar-refractivity contribution in [2.75, 3.05) is 0 Å². The molecule has 0 spiro atoms. The Labute approximate surface area is 198 Å². The summed E-state index contributed by atoms with van der Waals surface area (Å²) >= 11 is 5.96. The molecule has 0 aromatic heterocycles. The SMILES string of the molecule is O=C(NC1CC(OC(F)(F)F)C1)[C@H]1C[C@H]2O[C@@H]1C[C@@H]2NC(=O)[C@H]1C[C@@H](O)c2cc(Cl)ccc2O1. The molecule has 1 aromatic rings. The second kappa shape index (κ2) is 8.85. The molecule has 0 unspecified atom stereocenters. The summed E-state index contributed by atoms with van der Waals surface area (Å²) in [6, 6.07) is 4.21. The van der Waals surface area contributed by atoms with Crippen LogP contribution in [0.2, 0.25) is 5.02 Å². The third-order valence-corrected chi connectivity index (χ3v) is 7.19. The van der Waals surface area contributed by atoms with Crippen LogP contribution in [-0.2, 0) is 19.1 Å². The molecule has 4 aliphatic rings. The molecule has 186 valence electrons. The van der Waals surface area contributed by atoms with Gasteiger partial charge in [0.15, 0.2) is 6.10 Å². The highest BCUT2D eigenvalue weighted by atomic mass is 35.5. The van der Waals surface area contributed by atoms with Gasteiger partial charge in [0.2, 0.25) is 5.91 Å². The van der Waals surface area contributed by atoms with Crippen molar-refractivity contribution in [3.63, 3.8) is 0 Å². The van der Waals surface area contributed by atoms with Gasteiger partial charge in [0.25, 0.3) is 5.91 Å². The number of amides is 2. The maximum absolute atomic E-state index is 12.8. The molecule has 3 fully saturated rings. The number of nitrogens with one attached hydrogen (secondary N) is 2. The van der Waals surface area contributed by atoms with Gasteiger partial charge >= 0.3 is 6.36 Å². The van der Waals surface area contributed by atoms with Crippen LogP contribution in [0.3, 0.4) is 0 Å². The number of aliphatic hydroxyl groups is 1. The summed E-state index contributed by atoms with van der Waals surface area (Å²) in [7, 11) is 0. The smallest absolute Gasteiger partial charge is 0.480 e. The van der Waals surface area contributed by atoms with Crippen molar-refractivity contribution in [2.24, 2.45) is 5.92 Å². The molecular weight excluding hydrogens is 481 g/mol. The zero-order valence-corrected chi connectivity index (χ0v) is 18.6. The van der Waals surface area contributed by atoms with Gasteiger partial charge in [-0.25, -0.2) is 0 Å². The normalized spacial score (nSPS) is 36.3. The van der Waals surface area contributed by atoms with E-state index < -0.39 is 30.6 Å². The minimum Gasteiger partial charge on any atom is -0.480 e. The van der Waals surface area contributed by atoms with E-state index in [-0.39, 0.29) is 55.4 Å². The van der Waals surface area contributed by atoms with E-state index in [1.165, 1.54) is 0 Å². The van der Waals surface area contributed by atoms with Crippen molar-refractivity contribution in [3.05, 3.63) is 28.8 Å². The lowest BCUT2D eigenvalue weighted by atomic mass is 9.83. The highest BCUT2D eigenvalue weighted by Gasteiger charge is 2.51. The van der Waals surface area contributed by atoms with Crippen molar-refractivity contribution >= 4 is 23.4 Å². The average molecular weight is 505 g/mol. The highest BCUT2D eigenvalue weighted by Crippen LogP contribution is 2.41. The number of aliphatic hydroxyl groups excluding tert-OH is 1. The van der Waals surface area contributed by atoms with Crippen LogP contribution in [-0.4, -0.2) is 59.8 Å². The molecule has 2 saturated heterocycles. The quantitative estimate of drug-likeness (QED) is 0.568. The van der Waals surface area contributed by atoms with E-state index in [0.717, 1.165) is 0 Å². The monoisotopic (exact) mass is 504 g/mol. The van der Waals surface area contributed by atoms with E-state index in [2.05, 4.69) is 15.4 Å². The first-order chi connectivity index (χ1) is 16.1. The van der Waals surface area contributed by atoms with Gasteiger partial charge in [-0.05, 0) is 43.9 Å². The fourth-order valence-electron chi connectivity index (χ4n) is 5.22. The number of ether oxygens (including phenoxy) is 3. The Morgan fingerprint density at radius 2 is 1.82 bits per heavy atom. The van der Waals surface area contributed by atoms with E-state index in [9.17, 15) is 27.9 Å². The minimum absolute atomic E-state index is 0.0896. The second-order valence-electron chi connectivity index (χ2n) is 9.31. The lowest BCUT2D eigenvalue weighted by molar-refractivity contribution is -0.351. The summed E-state index contributed by atoms with van der Waals surface area (Å²) in [6.45, 7) is 0. The molecule has 5 rings (SSSR count). The fraction of sp³-hybridized carbons (Fsp3) is 0.636. The maximum Gasteiger partial charge on any atom is 0.522 e. The van der Waals surface area contributed by atoms with Crippen LogP contribution in [0, 0.1) is 5.92 Å². The molecule has 3 aliphatic heterocycles. The topological polar surface area (TPSA) is 106 Å². The molecule has 2 amide bonds.